The summed E-state index contributed by atoms with van der Waals surface area (Å²) in [6.07, 6.45) is 1.53. The molecular formula is C23H24ClN3O2. The number of fused-ring (bicyclic) bond motifs is 3. The summed E-state index contributed by atoms with van der Waals surface area (Å²) in [5.41, 5.74) is 6.23. The maximum Gasteiger partial charge on any atom is 0.207 e. The first kappa shape index (κ1) is 20.8. The molecule has 0 saturated carbocycles. The number of amides is 1. The van der Waals surface area contributed by atoms with Gasteiger partial charge in [-0.3, -0.25) is 9.79 Å². The second-order valence-corrected chi connectivity index (χ2v) is 7.07. The van der Waals surface area contributed by atoms with Crippen LogP contribution in [0, 0.1) is 6.92 Å². The van der Waals surface area contributed by atoms with Gasteiger partial charge in [-0.25, -0.2) is 0 Å². The molecule has 0 saturated heterocycles. The van der Waals surface area contributed by atoms with Crippen LogP contribution in [-0.2, 0) is 4.79 Å². The minimum Gasteiger partial charge on any atom is -0.359 e. The Balaban J connectivity index is 0.000000431. The molecule has 1 aromatic heterocycles. The van der Waals surface area contributed by atoms with Gasteiger partial charge in [0.05, 0.1) is 17.0 Å². The standard InChI is InChI=1S/C20H17ClN2O.C3H7NO/c1-3-17-20-18(12(2)23-24-20)15-6-4-5-7-16(15)19(22-17)13-8-10-14(21)11-9-13;1-2-4-3-5/h4-11,17H,3H2,1-2H3;3H,2H2,1H3,(H,4,5). The number of aromatic nitrogens is 1. The zero-order chi connectivity index (χ0) is 20.8. The number of carbonyl (C=O) groups excluding carboxylic acids is 1. The van der Waals surface area contributed by atoms with Crippen molar-refractivity contribution in [2.45, 2.75) is 33.2 Å². The Kier molecular flexibility index (Phi) is 6.83. The predicted octanol–water partition coefficient (Wildman–Crippen LogP) is 5.36. The lowest BCUT2D eigenvalue weighted by Gasteiger charge is -2.11. The van der Waals surface area contributed by atoms with Gasteiger partial charge in [0, 0.05) is 22.7 Å². The van der Waals surface area contributed by atoms with Gasteiger partial charge < -0.3 is 9.84 Å². The van der Waals surface area contributed by atoms with Crippen LogP contribution in [0.25, 0.3) is 11.1 Å². The fourth-order valence-electron chi connectivity index (χ4n) is 3.33. The average Bonchev–Trinajstić information content (AvgIpc) is 3.05. The lowest BCUT2D eigenvalue weighted by Crippen LogP contribution is -2.07. The summed E-state index contributed by atoms with van der Waals surface area (Å²) in [6.45, 7) is 6.70. The van der Waals surface area contributed by atoms with Crippen molar-refractivity contribution in [2.24, 2.45) is 4.99 Å². The van der Waals surface area contributed by atoms with Crippen molar-refractivity contribution in [1.82, 2.24) is 10.5 Å². The number of halogens is 1. The first-order valence-electron chi connectivity index (χ1n) is 9.67. The van der Waals surface area contributed by atoms with E-state index >= 15 is 0 Å². The van der Waals surface area contributed by atoms with Gasteiger partial charge in [0.2, 0.25) is 6.41 Å². The summed E-state index contributed by atoms with van der Waals surface area (Å²) in [5, 5.41) is 7.34. The SMILES string of the molecule is CCC1N=C(c2ccc(Cl)cc2)c2ccccc2-c2c(C)noc21.CCNC=O. The number of aryl methyl sites for hydroxylation is 1. The molecule has 1 amide bonds. The summed E-state index contributed by atoms with van der Waals surface area (Å²) in [5.74, 6) is 0.853. The summed E-state index contributed by atoms with van der Waals surface area (Å²) < 4.78 is 5.65. The lowest BCUT2D eigenvalue weighted by molar-refractivity contribution is -0.109. The molecule has 6 heteroatoms. The summed E-state index contributed by atoms with van der Waals surface area (Å²) in [6, 6.07) is 16.1. The van der Waals surface area contributed by atoms with E-state index in [1.807, 2.05) is 50.2 Å². The van der Waals surface area contributed by atoms with Gasteiger partial charge in [-0.1, -0.05) is 60.1 Å². The molecule has 2 heterocycles. The number of hydrogen-bond donors (Lipinski definition) is 1. The van der Waals surface area contributed by atoms with Crippen LogP contribution < -0.4 is 5.32 Å². The molecule has 5 nitrogen and oxygen atoms in total. The number of aliphatic imine (C=N–C) groups is 1. The number of nitrogens with zero attached hydrogens (tertiary/aromatic N) is 2. The molecule has 0 aliphatic carbocycles. The van der Waals surface area contributed by atoms with E-state index in [1.165, 1.54) is 0 Å². The largest absolute Gasteiger partial charge is 0.359 e. The molecule has 150 valence electrons. The van der Waals surface area contributed by atoms with Gasteiger partial charge >= 0.3 is 0 Å². The number of carbonyl (C=O) groups is 1. The molecule has 2 aromatic carbocycles. The van der Waals surface area contributed by atoms with E-state index in [4.69, 9.17) is 21.1 Å². The molecule has 1 atom stereocenters. The van der Waals surface area contributed by atoms with Crippen LogP contribution in [-0.4, -0.2) is 23.8 Å². The fourth-order valence-corrected chi connectivity index (χ4v) is 3.46. The molecule has 0 radical (unpaired) electrons. The first-order valence-corrected chi connectivity index (χ1v) is 10.0. The molecular weight excluding hydrogens is 386 g/mol. The fraction of sp³-hybridized carbons (Fsp3) is 0.261. The van der Waals surface area contributed by atoms with Crippen LogP contribution in [0.4, 0.5) is 0 Å². The van der Waals surface area contributed by atoms with Crippen molar-refractivity contribution in [2.75, 3.05) is 6.54 Å². The Hall–Kier alpha value is -2.92. The van der Waals surface area contributed by atoms with Gasteiger partial charge in [0.15, 0.2) is 5.76 Å². The zero-order valence-corrected chi connectivity index (χ0v) is 17.5. The number of nitrogens with one attached hydrogen (secondary N) is 1. The van der Waals surface area contributed by atoms with Crippen LogP contribution in [0.15, 0.2) is 58.0 Å². The highest BCUT2D eigenvalue weighted by atomic mass is 35.5. The minimum absolute atomic E-state index is 0.0423. The van der Waals surface area contributed by atoms with E-state index in [1.54, 1.807) is 0 Å². The van der Waals surface area contributed by atoms with E-state index in [-0.39, 0.29) is 6.04 Å². The molecule has 4 rings (SSSR count). The van der Waals surface area contributed by atoms with Crippen molar-refractivity contribution in [1.29, 1.82) is 0 Å². The molecule has 29 heavy (non-hydrogen) atoms. The first-order chi connectivity index (χ1) is 14.1. The highest BCUT2D eigenvalue weighted by Crippen LogP contribution is 2.40. The minimum atomic E-state index is -0.0423. The van der Waals surface area contributed by atoms with E-state index in [0.29, 0.717) is 6.41 Å². The van der Waals surface area contributed by atoms with Gasteiger partial charge in [-0.2, -0.15) is 0 Å². The highest BCUT2D eigenvalue weighted by molar-refractivity contribution is 6.30. The molecule has 1 aliphatic rings. The van der Waals surface area contributed by atoms with Crippen molar-refractivity contribution in [3.05, 3.63) is 76.1 Å². The quantitative estimate of drug-likeness (QED) is 0.590. The molecule has 0 spiro atoms. The molecule has 1 N–H and O–H groups in total. The van der Waals surface area contributed by atoms with Crippen LogP contribution in [0.1, 0.15) is 48.9 Å². The predicted molar refractivity (Wildman–Crippen MR) is 117 cm³/mol. The summed E-state index contributed by atoms with van der Waals surface area (Å²) >= 11 is 6.05. The normalized spacial score (nSPS) is 14.5. The third-order valence-electron chi connectivity index (χ3n) is 4.72. The van der Waals surface area contributed by atoms with Crippen molar-refractivity contribution in [3.8, 4) is 11.1 Å². The Labute approximate surface area is 175 Å². The molecule has 3 aromatic rings. The molecule has 0 bridgehead atoms. The average molecular weight is 410 g/mol. The van der Waals surface area contributed by atoms with Crippen LogP contribution in [0.5, 0.6) is 0 Å². The molecule has 1 aliphatic heterocycles. The maximum atomic E-state index is 9.29. The lowest BCUT2D eigenvalue weighted by atomic mass is 9.93. The summed E-state index contributed by atoms with van der Waals surface area (Å²) in [4.78, 5) is 14.3. The third-order valence-corrected chi connectivity index (χ3v) is 4.97. The van der Waals surface area contributed by atoms with Crippen molar-refractivity contribution >= 4 is 23.7 Å². The van der Waals surface area contributed by atoms with Crippen LogP contribution in [0.3, 0.4) is 0 Å². The van der Waals surface area contributed by atoms with E-state index in [9.17, 15) is 4.79 Å². The topological polar surface area (TPSA) is 67.5 Å². The Morgan fingerprint density at radius 1 is 1.10 bits per heavy atom. The van der Waals surface area contributed by atoms with Crippen molar-refractivity contribution in [3.63, 3.8) is 0 Å². The Morgan fingerprint density at radius 2 is 1.79 bits per heavy atom. The number of benzene rings is 2. The number of hydrogen-bond acceptors (Lipinski definition) is 4. The smallest absolute Gasteiger partial charge is 0.207 e. The second kappa shape index (κ2) is 9.52. The zero-order valence-electron chi connectivity index (χ0n) is 16.8. The van der Waals surface area contributed by atoms with E-state index in [0.717, 1.165) is 57.4 Å². The third kappa shape index (κ3) is 4.40. The molecule has 1 unspecified atom stereocenters. The number of rotatable bonds is 4. The van der Waals surface area contributed by atoms with Gasteiger partial charge in [0.25, 0.3) is 0 Å². The highest BCUT2D eigenvalue weighted by Gasteiger charge is 2.29. The Morgan fingerprint density at radius 3 is 2.38 bits per heavy atom. The molecule has 0 fully saturated rings. The van der Waals surface area contributed by atoms with Crippen molar-refractivity contribution < 1.29 is 9.32 Å². The van der Waals surface area contributed by atoms with E-state index in [2.05, 4.69) is 29.5 Å². The Bertz CT molecular complexity index is 1010. The second-order valence-electron chi connectivity index (χ2n) is 6.64. The maximum absolute atomic E-state index is 9.29. The van der Waals surface area contributed by atoms with Crippen LogP contribution in [0.2, 0.25) is 5.02 Å². The monoisotopic (exact) mass is 409 g/mol. The van der Waals surface area contributed by atoms with E-state index < -0.39 is 0 Å². The van der Waals surface area contributed by atoms with Gasteiger partial charge in [0.1, 0.15) is 6.04 Å². The van der Waals surface area contributed by atoms with Gasteiger partial charge in [-0.05, 0) is 38.0 Å². The summed E-state index contributed by atoms with van der Waals surface area (Å²) in [7, 11) is 0. The van der Waals surface area contributed by atoms with Gasteiger partial charge in [-0.15, -0.1) is 0 Å². The van der Waals surface area contributed by atoms with Crippen LogP contribution >= 0.6 is 11.6 Å².